The average Bonchev–Trinajstić information content (AvgIpc) is 3.27. The van der Waals surface area contributed by atoms with Gasteiger partial charge >= 0.3 is 0 Å². The van der Waals surface area contributed by atoms with E-state index in [0.717, 1.165) is 24.2 Å². The van der Waals surface area contributed by atoms with E-state index in [1.54, 1.807) is 26.4 Å². The quantitative estimate of drug-likeness (QED) is 0.544. The highest BCUT2D eigenvalue weighted by atomic mass is 79.9. The minimum atomic E-state index is -0.145. The Morgan fingerprint density at radius 1 is 1.19 bits per heavy atom. The SMILES string of the molecule is CCOc1cc(C#N)cc(Br)c1OCC(=O)N1CCCC1c1cc(OC)ccc1OC. The Balaban J connectivity index is 1.79. The molecule has 0 saturated carbocycles. The number of carbonyl (C=O) groups excluding carboxylic acids is 1. The third-order valence-corrected chi connectivity index (χ3v) is 5.74. The van der Waals surface area contributed by atoms with Gasteiger partial charge in [-0.15, -0.1) is 0 Å². The van der Waals surface area contributed by atoms with E-state index in [9.17, 15) is 10.1 Å². The molecule has 2 aromatic carbocycles. The molecular weight excluding hydrogens is 464 g/mol. The van der Waals surface area contributed by atoms with Crippen molar-refractivity contribution in [1.82, 2.24) is 4.90 Å². The average molecular weight is 489 g/mol. The third kappa shape index (κ3) is 5.05. The van der Waals surface area contributed by atoms with Gasteiger partial charge in [-0.05, 0) is 60.0 Å². The van der Waals surface area contributed by atoms with Gasteiger partial charge in [-0.25, -0.2) is 0 Å². The van der Waals surface area contributed by atoms with E-state index in [-0.39, 0.29) is 18.6 Å². The van der Waals surface area contributed by atoms with Crippen LogP contribution < -0.4 is 18.9 Å². The van der Waals surface area contributed by atoms with Crippen LogP contribution in [0.2, 0.25) is 0 Å². The van der Waals surface area contributed by atoms with Crippen molar-refractivity contribution in [2.45, 2.75) is 25.8 Å². The van der Waals surface area contributed by atoms with Gasteiger partial charge in [-0.3, -0.25) is 4.79 Å². The topological polar surface area (TPSA) is 81.0 Å². The molecule has 1 unspecified atom stereocenters. The summed E-state index contributed by atoms with van der Waals surface area (Å²) < 4.78 is 22.9. The van der Waals surface area contributed by atoms with Crippen LogP contribution in [0.3, 0.4) is 0 Å². The molecule has 3 rings (SSSR count). The summed E-state index contributed by atoms with van der Waals surface area (Å²) in [5.41, 5.74) is 1.36. The maximum atomic E-state index is 13.1. The molecule has 1 aliphatic heterocycles. The molecule has 1 amide bonds. The van der Waals surface area contributed by atoms with Crippen LogP contribution in [0.4, 0.5) is 0 Å². The van der Waals surface area contributed by atoms with Crippen LogP contribution in [0.1, 0.15) is 36.9 Å². The highest BCUT2D eigenvalue weighted by molar-refractivity contribution is 9.10. The van der Waals surface area contributed by atoms with E-state index in [4.69, 9.17) is 18.9 Å². The highest BCUT2D eigenvalue weighted by Gasteiger charge is 2.32. The van der Waals surface area contributed by atoms with Crippen molar-refractivity contribution in [3.8, 4) is 29.1 Å². The summed E-state index contributed by atoms with van der Waals surface area (Å²) in [4.78, 5) is 14.9. The molecule has 1 heterocycles. The van der Waals surface area contributed by atoms with Crippen LogP contribution in [0.5, 0.6) is 23.0 Å². The van der Waals surface area contributed by atoms with E-state index >= 15 is 0 Å². The Hall–Kier alpha value is -2.92. The first kappa shape index (κ1) is 22.8. The number of benzene rings is 2. The van der Waals surface area contributed by atoms with E-state index in [1.165, 1.54) is 0 Å². The van der Waals surface area contributed by atoms with Crippen LogP contribution in [0.25, 0.3) is 0 Å². The number of rotatable bonds is 8. The monoisotopic (exact) mass is 488 g/mol. The summed E-state index contributed by atoms with van der Waals surface area (Å²) in [6.45, 7) is 2.75. The molecule has 2 aromatic rings. The number of halogens is 1. The zero-order chi connectivity index (χ0) is 22.4. The molecule has 0 spiro atoms. The van der Waals surface area contributed by atoms with Crippen LogP contribution in [-0.2, 0) is 4.79 Å². The summed E-state index contributed by atoms with van der Waals surface area (Å²) in [5, 5.41) is 9.18. The Labute approximate surface area is 190 Å². The second-order valence-corrected chi connectivity index (χ2v) is 7.83. The lowest BCUT2D eigenvalue weighted by atomic mass is 10.0. The van der Waals surface area contributed by atoms with Crippen molar-refractivity contribution >= 4 is 21.8 Å². The number of nitrogens with zero attached hydrogens (tertiary/aromatic N) is 2. The number of carbonyl (C=O) groups is 1. The Kier molecular flexibility index (Phi) is 7.64. The molecule has 1 atom stereocenters. The lowest BCUT2D eigenvalue weighted by Crippen LogP contribution is -2.34. The molecule has 0 N–H and O–H groups in total. The first-order valence-electron chi connectivity index (χ1n) is 10.0. The summed E-state index contributed by atoms with van der Waals surface area (Å²) >= 11 is 3.41. The fraction of sp³-hybridized carbons (Fsp3) is 0.391. The second kappa shape index (κ2) is 10.4. The standard InChI is InChI=1S/C23H25BrN2O5/c1-4-30-21-11-15(13-25)10-18(24)23(21)31-14-22(27)26-9-5-6-19(26)17-12-16(28-2)7-8-20(17)29-3/h7-8,10-12,19H,4-6,9,14H2,1-3H3. The predicted octanol–water partition coefficient (Wildman–Crippen LogP) is 4.48. The van der Waals surface area contributed by atoms with Gasteiger partial charge in [0.2, 0.25) is 0 Å². The van der Waals surface area contributed by atoms with Gasteiger partial charge in [0.05, 0.1) is 43.0 Å². The number of ether oxygens (including phenoxy) is 4. The van der Waals surface area contributed by atoms with Gasteiger partial charge in [-0.1, -0.05) is 0 Å². The Morgan fingerprint density at radius 2 is 2.00 bits per heavy atom. The second-order valence-electron chi connectivity index (χ2n) is 6.97. The van der Waals surface area contributed by atoms with Crippen LogP contribution in [0.15, 0.2) is 34.8 Å². The highest BCUT2D eigenvalue weighted by Crippen LogP contribution is 2.40. The van der Waals surface area contributed by atoms with Crippen LogP contribution in [-0.4, -0.2) is 44.8 Å². The molecule has 31 heavy (non-hydrogen) atoms. The zero-order valence-electron chi connectivity index (χ0n) is 17.8. The molecule has 1 fully saturated rings. The summed E-state index contributed by atoms with van der Waals surface area (Å²) in [6, 6.07) is 10.8. The van der Waals surface area contributed by atoms with Gasteiger partial charge in [0.25, 0.3) is 5.91 Å². The molecule has 7 nitrogen and oxygen atoms in total. The van der Waals surface area contributed by atoms with Crippen molar-refractivity contribution in [3.05, 3.63) is 45.9 Å². The molecule has 0 aromatic heterocycles. The minimum Gasteiger partial charge on any atom is -0.497 e. The number of hydrogen-bond donors (Lipinski definition) is 0. The third-order valence-electron chi connectivity index (χ3n) is 5.15. The molecule has 8 heteroatoms. The van der Waals surface area contributed by atoms with Gasteiger partial charge in [0.15, 0.2) is 18.1 Å². The molecule has 0 aliphatic carbocycles. The minimum absolute atomic E-state index is 0.114. The summed E-state index contributed by atoms with van der Waals surface area (Å²) in [7, 11) is 3.23. The largest absolute Gasteiger partial charge is 0.497 e. The lowest BCUT2D eigenvalue weighted by molar-refractivity contribution is -0.134. The van der Waals surface area contributed by atoms with Crippen molar-refractivity contribution < 1.29 is 23.7 Å². The maximum Gasteiger partial charge on any atom is 0.261 e. The molecule has 1 aliphatic rings. The summed E-state index contributed by atoms with van der Waals surface area (Å²) in [5.74, 6) is 2.14. The first-order valence-corrected chi connectivity index (χ1v) is 10.8. The number of nitriles is 1. The number of amides is 1. The fourth-order valence-electron chi connectivity index (χ4n) is 3.74. The zero-order valence-corrected chi connectivity index (χ0v) is 19.4. The maximum absolute atomic E-state index is 13.1. The van der Waals surface area contributed by atoms with E-state index in [2.05, 4.69) is 22.0 Å². The van der Waals surface area contributed by atoms with Gasteiger partial charge in [-0.2, -0.15) is 5.26 Å². The molecule has 0 bridgehead atoms. The normalized spacial score (nSPS) is 15.3. The van der Waals surface area contributed by atoms with Gasteiger partial charge in [0, 0.05) is 18.2 Å². The van der Waals surface area contributed by atoms with Crippen LogP contribution >= 0.6 is 15.9 Å². The molecule has 0 radical (unpaired) electrons. The Bertz CT molecular complexity index is 989. The van der Waals surface area contributed by atoms with Crippen molar-refractivity contribution in [3.63, 3.8) is 0 Å². The molecule has 164 valence electrons. The van der Waals surface area contributed by atoms with E-state index in [1.807, 2.05) is 30.0 Å². The lowest BCUT2D eigenvalue weighted by Gasteiger charge is -2.27. The van der Waals surface area contributed by atoms with Crippen molar-refractivity contribution in [2.24, 2.45) is 0 Å². The fourth-order valence-corrected chi connectivity index (χ4v) is 4.30. The predicted molar refractivity (Wildman–Crippen MR) is 119 cm³/mol. The van der Waals surface area contributed by atoms with Crippen molar-refractivity contribution in [1.29, 1.82) is 5.26 Å². The molecular formula is C23H25BrN2O5. The Morgan fingerprint density at radius 3 is 2.68 bits per heavy atom. The van der Waals surface area contributed by atoms with Crippen molar-refractivity contribution in [2.75, 3.05) is 34.0 Å². The number of methoxy groups -OCH3 is 2. The smallest absolute Gasteiger partial charge is 0.261 e. The van der Waals surface area contributed by atoms with E-state index in [0.29, 0.717) is 40.4 Å². The van der Waals surface area contributed by atoms with Gasteiger partial charge in [0.1, 0.15) is 11.5 Å². The van der Waals surface area contributed by atoms with Gasteiger partial charge < -0.3 is 23.8 Å². The molecule has 1 saturated heterocycles. The van der Waals surface area contributed by atoms with Crippen LogP contribution in [0, 0.1) is 11.3 Å². The summed E-state index contributed by atoms with van der Waals surface area (Å²) in [6.07, 6.45) is 1.72. The first-order chi connectivity index (χ1) is 15.0. The number of likely N-dealkylation sites (tertiary alicyclic amines) is 1. The van der Waals surface area contributed by atoms with E-state index < -0.39 is 0 Å². The number of hydrogen-bond acceptors (Lipinski definition) is 6.